The molecule has 2 nitrogen and oxygen atoms in total. The predicted octanol–water partition coefficient (Wildman–Crippen LogP) is 3.03. The molecule has 82 valence electrons. The summed E-state index contributed by atoms with van der Waals surface area (Å²) < 4.78 is 0. The number of fused-ring (bicyclic) bond motifs is 1. The van der Waals surface area contributed by atoms with Crippen molar-refractivity contribution in [2.45, 2.75) is 11.3 Å². The van der Waals surface area contributed by atoms with Gasteiger partial charge in [0.05, 0.1) is 0 Å². The molecule has 0 saturated carbocycles. The quantitative estimate of drug-likeness (QED) is 0.639. The van der Waals surface area contributed by atoms with Crippen molar-refractivity contribution in [1.82, 2.24) is 4.98 Å². The lowest BCUT2D eigenvalue weighted by Gasteiger charge is -1.97. The molecule has 3 N–H and O–H groups in total. The zero-order chi connectivity index (χ0) is 9.80. The first-order valence-electron chi connectivity index (χ1n) is 4.81. The third-order valence-corrected chi connectivity index (χ3v) is 3.30. The minimum atomic E-state index is 0. The maximum atomic E-state index is 5.46. The summed E-state index contributed by atoms with van der Waals surface area (Å²) >= 11 is 1.87. The Hall–Kier alpha value is -0.640. The lowest BCUT2D eigenvalue weighted by Crippen LogP contribution is -1.98. The van der Waals surface area contributed by atoms with Crippen LogP contribution in [0, 0.1) is 0 Å². The van der Waals surface area contributed by atoms with E-state index in [0.29, 0.717) is 0 Å². The van der Waals surface area contributed by atoms with Crippen LogP contribution >= 0.6 is 24.2 Å². The molecule has 2 aromatic rings. The van der Waals surface area contributed by atoms with Crippen LogP contribution in [0.15, 0.2) is 35.4 Å². The van der Waals surface area contributed by atoms with Gasteiger partial charge < -0.3 is 10.7 Å². The van der Waals surface area contributed by atoms with E-state index >= 15 is 0 Å². The molecule has 0 radical (unpaired) electrons. The van der Waals surface area contributed by atoms with Crippen molar-refractivity contribution in [3.05, 3.63) is 30.5 Å². The molecule has 0 bridgehead atoms. The number of benzene rings is 1. The van der Waals surface area contributed by atoms with E-state index in [1.807, 2.05) is 17.8 Å². The van der Waals surface area contributed by atoms with Crippen molar-refractivity contribution in [3.63, 3.8) is 0 Å². The summed E-state index contributed by atoms with van der Waals surface area (Å²) in [5.41, 5.74) is 6.67. The molecular weight excluding hydrogens is 228 g/mol. The molecule has 4 heteroatoms. The minimum Gasteiger partial charge on any atom is -0.360 e. The SMILES string of the molecule is Cl.NCCCSc1c[nH]c2ccccc12. The summed E-state index contributed by atoms with van der Waals surface area (Å²) in [4.78, 5) is 4.59. The fraction of sp³-hybridized carbons (Fsp3) is 0.273. The van der Waals surface area contributed by atoms with Crippen LogP contribution in [-0.2, 0) is 0 Å². The van der Waals surface area contributed by atoms with Gasteiger partial charge in [0, 0.05) is 22.0 Å². The molecule has 0 aliphatic rings. The zero-order valence-corrected chi connectivity index (χ0v) is 10.0. The largest absolute Gasteiger partial charge is 0.360 e. The number of halogens is 1. The molecule has 0 saturated heterocycles. The fourth-order valence-electron chi connectivity index (χ4n) is 1.43. The van der Waals surface area contributed by atoms with Crippen LogP contribution in [0.4, 0.5) is 0 Å². The number of aromatic nitrogens is 1. The van der Waals surface area contributed by atoms with Crippen LogP contribution in [-0.4, -0.2) is 17.3 Å². The van der Waals surface area contributed by atoms with Crippen molar-refractivity contribution >= 4 is 35.1 Å². The van der Waals surface area contributed by atoms with E-state index in [-0.39, 0.29) is 12.4 Å². The summed E-state index contributed by atoms with van der Waals surface area (Å²) in [6.07, 6.45) is 3.15. The Balaban J connectivity index is 0.00000112. The monoisotopic (exact) mass is 242 g/mol. The van der Waals surface area contributed by atoms with E-state index < -0.39 is 0 Å². The number of nitrogens with two attached hydrogens (primary N) is 1. The predicted molar refractivity (Wildman–Crippen MR) is 69.9 cm³/mol. The molecule has 1 aromatic heterocycles. The summed E-state index contributed by atoms with van der Waals surface area (Å²) in [7, 11) is 0. The average Bonchev–Trinajstić information content (AvgIpc) is 2.63. The topological polar surface area (TPSA) is 41.8 Å². The first kappa shape index (κ1) is 12.4. The lowest BCUT2D eigenvalue weighted by molar-refractivity contribution is 0.943. The van der Waals surface area contributed by atoms with Gasteiger partial charge in [-0.15, -0.1) is 24.2 Å². The van der Waals surface area contributed by atoms with Gasteiger partial charge in [0.2, 0.25) is 0 Å². The fourth-order valence-corrected chi connectivity index (χ4v) is 2.44. The van der Waals surface area contributed by atoms with Gasteiger partial charge in [-0.25, -0.2) is 0 Å². The van der Waals surface area contributed by atoms with Gasteiger partial charge in [0.25, 0.3) is 0 Å². The molecule has 15 heavy (non-hydrogen) atoms. The second kappa shape index (κ2) is 6.05. The third-order valence-electron chi connectivity index (χ3n) is 2.16. The molecule has 0 amide bonds. The highest BCUT2D eigenvalue weighted by molar-refractivity contribution is 7.99. The molecule has 0 aliphatic heterocycles. The summed E-state index contributed by atoms with van der Waals surface area (Å²) in [6, 6.07) is 8.37. The number of rotatable bonds is 4. The van der Waals surface area contributed by atoms with Gasteiger partial charge in [-0.2, -0.15) is 0 Å². The highest BCUT2D eigenvalue weighted by atomic mass is 35.5. The van der Waals surface area contributed by atoms with Gasteiger partial charge >= 0.3 is 0 Å². The lowest BCUT2D eigenvalue weighted by atomic mass is 10.2. The van der Waals surface area contributed by atoms with E-state index in [0.717, 1.165) is 18.7 Å². The molecule has 2 rings (SSSR count). The molecular formula is C11H15ClN2S. The van der Waals surface area contributed by atoms with Crippen molar-refractivity contribution < 1.29 is 0 Å². The Morgan fingerprint density at radius 3 is 2.87 bits per heavy atom. The highest BCUT2D eigenvalue weighted by Crippen LogP contribution is 2.27. The smallest absolute Gasteiger partial charge is 0.0465 e. The third kappa shape index (κ3) is 2.91. The molecule has 1 aromatic carbocycles. The van der Waals surface area contributed by atoms with Crippen molar-refractivity contribution in [2.75, 3.05) is 12.3 Å². The van der Waals surface area contributed by atoms with Crippen LogP contribution < -0.4 is 5.73 Å². The normalized spacial score (nSPS) is 10.2. The summed E-state index contributed by atoms with van der Waals surface area (Å²) in [5.74, 6) is 1.10. The second-order valence-corrected chi connectivity index (χ2v) is 4.33. The molecule has 0 atom stereocenters. The number of hydrogen-bond donors (Lipinski definition) is 2. The number of nitrogens with one attached hydrogen (secondary N) is 1. The van der Waals surface area contributed by atoms with Crippen LogP contribution in [0.2, 0.25) is 0 Å². The Kier molecular flexibility index (Phi) is 5.02. The Morgan fingerprint density at radius 1 is 1.27 bits per heavy atom. The Morgan fingerprint density at radius 2 is 2.07 bits per heavy atom. The van der Waals surface area contributed by atoms with Crippen molar-refractivity contribution in [1.29, 1.82) is 0 Å². The van der Waals surface area contributed by atoms with Gasteiger partial charge in [0.15, 0.2) is 0 Å². The summed E-state index contributed by atoms with van der Waals surface area (Å²) in [6.45, 7) is 0.773. The van der Waals surface area contributed by atoms with Gasteiger partial charge in [-0.1, -0.05) is 18.2 Å². The molecule has 0 spiro atoms. The van der Waals surface area contributed by atoms with E-state index in [1.54, 1.807) is 0 Å². The van der Waals surface area contributed by atoms with E-state index in [9.17, 15) is 0 Å². The van der Waals surface area contributed by atoms with Gasteiger partial charge in [-0.3, -0.25) is 0 Å². The van der Waals surface area contributed by atoms with E-state index in [1.165, 1.54) is 15.8 Å². The zero-order valence-electron chi connectivity index (χ0n) is 8.40. The second-order valence-electron chi connectivity index (χ2n) is 3.19. The molecule has 0 unspecified atom stereocenters. The van der Waals surface area contributed by atoms with Gasteiger partial charge in [-0.05, 0) is 24.8 Å². The number of aromatic amines is 1. The molecule has 0 aliphatic carbocycles. The average molecular weight is 243 g/mol. The number of thioether (sulfide) groups is 1. The number of para-hydroxylation sites is 1. The summed E-state index contributed by atoms with van der Waals surface area (Å²) in [5, 5.41) is 1.31. The minimum absolute atomic E-state index is 0. The maximum absolute atomic E-state index is 5.46. The van der Waals surface area contributed by atoms with Gasteiger partial charge in [0.1, 0.15) is 0 Å². The standard InChI is InChI=1S/C11H14N2S.ClH/c12-6-3-7-14-11-8-13-10-5-2-1-4-9(10)11;/h1-2,4-5,8,13H,3,6-7,12H2;1H. The van der Waals surface area contributed by atoms with Crippen LogP contribution in [0.5, 0.6) is 0 Å². The van der Waals surface area contributed by atoms with Crippen LogP contribution in [0.1, 0.15) is 6.42 Å². The highest BCUT2D eigenvalue weighted by Gasteiger charge is 2.01. The van der Waals surface area contributed by atoms with Crippen LogP contribution in [0.3, 0.4) is 0 Å². The molecule has 0 fully saturated rings. The van der Waals surface area contributed by atoms with E-state index in [2.05, 4.69) is 29.4 Å². The van der Waals surface area contributed by atoms with Crippen molar-refractivity contribution in [2.24, 2.45) is 5.73 Å². The Bertz CT molecular complexity index is 414. The first-order valence-corrected chi connectivity index (χ1v) is 5.79. The molecule has 1 heterocycles. The first-order chi connectivity index (χ1) is 6.92. The maximum Gasteiger partial charge on any atom is 0.0465 e. The van der Waals surface area contributed by atoms with Crippen LogP contribution in [0.25, 0.3) is 10.9 Å². The van der Waals surface area contributed by atoms with Crippen molar-refractivity contribution in [3.8, 4) is 0 Å². The Labute approximate surface area is 100 Å². The van der Waals surface area contributed by atoms with E-state index in [4.69, 9.17) is 5.73 Å². The number of hydrogen-bond acceptors (Lipinski definition) is 2. The number of H-pyrrole nitrogens is 1.